The predicted molar refractivity (Wildman–Crippen MR) is 102 cm³/mol. The maximum absolute atomic E-state index is 13.3. The molecule has 4 aromatic rings. The molecular formula is C20H14N6O. The molecule has 1 N–H and O–H groups in total. The summed E-state index contributed by atoms with van der Waals surface area (Å²) in [5.41, 5.74) is 2.13. The highest BCUT2D eigenvalue weighted by Gasteiger charge is 2.40. The number of aromatic amines is 1. The van der Waals surface area contributed by atoms with Gasteiger partial charge in [0.15, 0.2) is 0 Å². The Kier molecular flexibility index (Phi) is 3.30. The zero-order valence-electron chi connectivity index (χ0n) is 14.2. The molecule has 2 amide bonds. The Morgan fingerprint density at radius 1 is 1.04 bits per heavy atom. The van der Waals surface area contributed by atoms with Crippen LogP contribution < -0.4 is 9.80 Å². The van der Waals surface area contributed by atoms with Gasteiger partial charge in [-0.2, -0.15) is 10.4 Å². The summed E-state index contributed by atoms with van der Waals surface area (Å²) < 4.78 is 0. The number of nitriles is 1. The van der Waals surface area contributed by atoms with E-state index < -0.39 is 6.04 Å². The number of nitrogens with zero attached hydrogens (tertiary/aromatic N) is 5. The highest BCUT2D eigenvalue weighted by molar-refractivity contribution is 6.14. The van der Waals surface area contributed by atoms with E-state index in [1.807, 2.05) is 42.5 Å². The van der Waals surface area contributed by atoms with Crippen molar-refractivity contribution < 1.29 is 4.79 Å². The van der Waals surface area contributed by atoms with Crippen LogP contribution in [-0.4, -0.2) is 33.8 Å². The molecular weight excluding hydrogens is 340 g/mol. The number of benzene rings is 2. The zero-order valence-corrected chi connectivity index (χ0v) is 14.2. The fourth-order valence-electron chi connectivity index (χ4n) is 3.64. The van der Waals surface area contributed by atoms with Crippen LogP contribution in [0.4, 0.5) is 16.2 Å². The van der Waals surface area contributed by atoms with Gasteiger partial charge in [0, 0.05) is 22.4 Å². The molecule has 5 rings (SSSR count). The number of H-pyrrole nitrogens is 1. The summed E-state index contributed by atoms with van der Waals surface area (Å²) in [5, 5.41) is 19.5. The van der Waals surface area contributed by atoms with Crippen LogP contribution in [-0.2, 0) is 0 Å². The van der Waals surface area contributed by atoms with Gasteiger partial charge in [0.25, 0.3) is 0 Å². The fraction of sp³-hybridized carbons (Fsp3) is 0.100. The number of anilines is 2. The smallest absolute Gasteiger partial charge is 0.289 e. The van der Waals surface area contributed by atoms with Crippen molar-refractivity contribution in [3.05, 3.63) is 61.1 Å². The quantitative estimate of drug-likeness (QED) is 0.597. The van der Waals surface area contributed by atoms with Crippen LogP contribution in [0, 0.1) is 11.3 Å². The Labute approximate surface area is 154 Å². The molecule has 130 valence electrons. The van der Waals surface area contributed by atoms with Crippen LogP contribution in [0.15, 0.2) is 61.1 Å². The van der Waals surface area contributed by atoms with Crippen LogP contribution >= 0.6 is 0 Å². The third-order valence-corrected chi connectivity index (χ3v) is 4.91. The van der Waals surface area contributed by atoms with Crippen molar-refractivity contribution >= 4 is 39.1 Å². The molecule has 1 saturated heterocycles. The molecule has 1 aliphatic heterocycles. The van der Waals surface area contributed by atoms with Crippen LogP contribution in [0.5, 0.6) is 0 Å². The second kappa shape index (κ2) is 5.81. The van der Waals surface area contributed by atoms with E-state index >= 15 is 0 Å². The number of hydrogen-bond donors (Lipinski definition) is 1. The molecule has 0 unspecified atom stereocenters. The van der Waals surface area contributed by atoms with Gasteiger partial charge >= 0.3 is 6.03 Å². The lowest BCUT2D eigenvalue weighted by Crippen LogP contribution is -2.34. The average molecular weight is 354 g/mol. The highest BCUT2D eigenvalue weighted by atomic mass is 16.2. The Bertz CT molecular complexity index is 1220. The minimum absolute atomic E-state index is 0.248. The van der Waals surface area contributed by atoms with Crippen molar-refractivity contribution in [2.45, 2.75) is 6.04 Å². The van der Waals surface area contributed by atoms with Gasteiger partial charge in [-0.15, -0.1) is 0 Å². The van der Waals surface area contributed by atoms with E-state index in [0.717, 1.165) is 21.7 Å². The summed E-state index contributed by atoms with van der Waals surface area (Å²) in [4.78, 5) is 20.7. The van der Waals surface area contributed by atoms with E-state index in [4.69, 9.17) is 0 Å². The standard InChI is InChI=1S/C20H14N6O/c21-8-15-12-25(17-7-3-5-14-10-23-24-19(14)17)20(27)26(15)18-11-22-9-13-4-1-2-6-16(13)18/h1-7,9-11,15H,12H2,(H,23,24)/t15-/m0/s1. The summed E-state index contributed by atoms with van der Waals surface area (Å²) >= 11 is 0. The minimum atomic E-state index is -0.608. The third kappa shape index (κ3) is 2.24. The lowest BCUT2D eigenvalue weighted by Gasteiger charge is -2.21. The maximum atomic E-state index is 13.3. The van der Waals surface area contributed by atoms with Crippen molar-refractivity contribution in [2.75, 3.05) is 16.3 Å². The predicted octanol–water partition coefficient (Wildman–Crippen LogP) is 3.45. The number of hydrogen-bond acceptors (Lipinski definition) is 4. The highest BCUT2D eigenvalue weighted by Crippen LogP contribution is 2.35. The monoisotopic (exact) mass is 354 g/mol. The molecule has 0 aliphatic carbocycles. The first-order chi connectivity index (χ1) is 13.3. The second-order valence-electron chi connectivity index (χ2n) is 6.40. The zero-order chi connectivity index (χ0) is 18.4. The van der Waals surface area contributed by atoms with Gasteiger partial charge in [-0.3, -0.25) is 19.9 Å². The van der Waals surface area contributed by atoms with Crippen molar-refractivity contribution in [1.29, 1.82) is 5.26 Å². The lowest BCUT2D eigenvalue weighted by atomic mass is 10.1. The fourth-order valence-corrected chi connectivity index (χ4v) is 3.64. The molecule has 0 bridgehead atoms. The molecule has 1 atom stereocenters. The van der Waals surface area contributed by atoms with Gasteiger partial charge < -0.3 is 0 Å². The normalized spacial score (nSPS) is 17.0. The van der Waals surface area contributed by atoms with E-state index in [1.54, 1.807) is 23.5 Å². The molecule has 0 radical (unpaired) electrons. The number of fused-ring (bicyclic) bond motifs is 2. The van der Waals surface area contributed by atoms with Gasteiger partial charge in [-0.25, -0.2) is 4.79 Å². The number of carbonyl (C=O) groups excluding carboxylic acids is 1. The molecule has 1 fully saturated rings. The first-order valence-corrected chi connectivity index (χ1v) is 8.53. The second-order valence-corrected chi connectivity index (χ2v) is 6.40. The van der Waals surface area contributed by atoms with Gasteiger partial charge in [0.05, 0.1) is 41.9 Å². The number of aromatic nitrogens is 3. The van der Waals surface area contributed by atoms with Crippen molar-refractivity contribution in [3.63, 3.8) is 0 Å². The van der Waals surface area contributed by atoms with Gasteiger partial charge in [-0.05, 0) is 6.07 Å². The first-order valence-electron chi connectivity index (χ1n) is 8.53. The van der Waals surface area contributed by atoms with E-state index in [2.05, 4.69) is 21.3 Å². The average Bonchev–Trinajstić information content (AvgIpc) is 3.31. The van der Waals surface area contributed by atoms with Crippen molar-refractivity contribution in [2.24, 2.45) is 0 Å². The molecule has 7 nitrogen and oxygen atoms in total. The SMILES string of the molecule is N#C[C@H]1CN(c2cccc3cn[nH]c23)C(=O)N1c1cncc2ccccc12. The van der Waals surface area contributed by atoms with Gasteiger partial charge in [-0.1, -0.05) is 36.4 Å². The van der Waals surface area contributed by atoms with Crippen LogP contribution in [0.1, 0.15) is 0 Å². The molecule has 7 heteroatoms. The maximum Gasteiger partial charge on any atom is 0.330 e. The van der Waals surface area contributed by atoms with Crippen molar-refractivity contribution in [3.8, 4) is 6.07 Å². The lowest BCUT2D eigenvalue weighted by molar-refractivity contribution is 0.255. The minimum Gasteiger partial charge on any atom is -0.289 e. The molecule has 3 heterocycles. The van der Waals surface area contributed by atoms with Crippen LogP contribution in [0.25, 0.3) is 21.7 Å². The molecule has 2 aromatic heterocycles. The topological polar surface area (TPSA) is 88.9 Å². The summed E-state index contributed by atoms with van der Waals surface area (Å²) in [6, 6.07) is 14.8. The Morgan fingerprint density at radius 2 is 1.89 bits per heavy atom. The molecule has 1 aliphatic rings. The molecule has 0 spiro atoms. The third-order valence-electron chi connectivity index (χ3n) is 4.91. The van der Waals surface area contributed by atoms with E-state index in [1.165, 1.54) is 4.90 Å². The Balaban J connectivity index is 1.65. The summed E-state index contributed by atoms with van der Waals surface area (Å²) in [7, 11) is 0. The van der Waals surface area contributed by atoms with E-state index in [9.17, 15) is 10.1 Å². The molecule has 2 aromatic carbocycles. The number of pyridine rings is 1. The van der Waals surface area contributed by atoms with Crippen LogP contribution in [0.2, 0.25) is 0 Å². The number of rotatable bonds is 2. The Morgan fingerprint density at radius 3 is 2.78 bits per heavy atom. The Hall–Kier alpha value is -3.92. The number of nitrogens with one attached hydrogen (secondary N) is 1. The number of carbonyl (C=O) groups is 1. The van der Waals surface area contributed by atoms with Crippen molar-refractivity contribution in [1.82, 2.24) is 15.2 Å². The van der Waals surface area contributed by atoms with E-state index in [0.29, 0.717) is 11.4 Å². The summed E-state index contributed by atoms with van der Waals surface area (Å²) in [6.45, 7) is 0.274. The number of urea groups is 1. The number of para-hydroxylation sites is 1. The van der Waals surface area contributed by atoms with Gasteiger partial charge in [0.1, 0.15) is 6.04 Å². The first kappa shape index (κ1) is 15.3. The largest absolute Gasteiger partial charge is 0.330 e. The van der Waals surface area contributed by atoms with Crippen LogP contribution in [0.3, 0.4) is 0 Å². The molecule has 0 saturated carbocycles. The summed E-state index contributed by atoms with van der Waals surface area (Å²) in [5.74, 6) is 0. The number of amides is 2. The summed E-state index contributed by atoms with van der Waals surface area (Å²) in [6.07, 6.45) is 5.11. The molecule has 27 heavy (non-hydrogen) atoms. The van der Waals surface area contributed by atoms with E-state index in [-0.39, 0.29) is 12.6 Å². The van der Waals surface area contributed by atoms with Gasteiger partial charge in [0.2, 0.25) is 0 Å².